The van der Waals surface area contributed by atoms with Crippen LogP contribution in [0, 0.1) is 5.92 Å². The van der Waals surface area contributed by atoms with Crippen LogP contribution in [0.4, 0.5) is 0 Å². The Bertz CT molecular complexity index is 454. The van der Waals surface area contributed by atoms with Crippen LogP contribution in [-0.2, 0) is 9.53 Å². The molecule has 2 aliphatic rings. The second-order valence-corrected chi connectivity index (χ2v) is 5.87. The molecular weight excluding hydrogens is 262 g/mol. The summed E-state index contributed by atoms with van der Waals surface area (Å²) >= 11 is 5.90. The van der Waals surface area contributed by atoms with E-state index < -0.39 is 0 Å². The maximum Gasteiger partial charge on any atom is 0.306 e. The Morgan fingerprint density at radius 3 is 2.58 bits per heavy atom. The number of esters is 1. The molecule has 0 aliphatic carbocycles. The average Bonchev–Trinajstić information content (AvgIpc) is 3.01. The number of ether oxygens (including phenoxy) is 1. The van der Waals surface area contributed by atoms with Gasteiger partial charge in [0, 0.05) is 17.5 Å². The molecule has 19 heavy (non-hydrogen) atoms. The molecule has 2 unspecified atom stereocenters. The van der Waals surface area contributed by atoms with Gasteiger partial charge in [0.15, 0.2) is 0 Å². The number of cyclic esters (lactones) is 1. The molecule has 2 heterocycles. The molecule has 0 N–H and O–H groups in total. The van der Waals surface area contributed by atoms with E-state index in [9.17, 15) is 4.79 Å². The first-order valence-corrected chi connectivity index (χ1v) is 7.27. The number of nitrogens with zero attached hydrogens (tertiary/aromatic N) is 1. The number of carbonyl (C=O) groups excluding carboxylic acids is 1. The lowest BCUT2D eigenvalue weighted by atomic mass is 9.95. The van der Waals surface area contributed by atoms with Crippen LogP contribution in [0.3, 0.4) is 0 Å². The molecule has 0 bridgehead atoms. The first kappa shape index (κ1) is 12.9. The van der Waals surface area contributed by atoms with Crippen molar-refractivity contribution in [1.82, 2.24) is 4.90 Å². The second kappa shape index (κ2) is 5.51. The van der Waals surface area contributed by atoms with Crippen LogP contribution in [0.1, 0.15) is 30.9 Å². The number of likely N-dealkylation sites (tertiary alicyclic amines) is 1. The van der Waals surface area contributed by atoms with Crippen molar-refractivity contribution in [3.05, 3.63) is 34.9 Å². The number of halogens is 1. The number of carbonyl (C=O) groups is 1. The summed E-state index contributed by atoms with van der Waals surface area (Å²) in [6, 6.07) is 7.64. The van der Waals surface area contributed by atoms with Crippen molar-refractivity contribution in [3.8, 4) is 0 Å². The van der Waals surface area contributed by atoms with Crippen molar-refractivity contribution in [2.45, 2.75) is 25.4 Å². The van der Waals surface area contributed by atoms with Gasteiger partial charge in [0.1, 0.15) is 6.10 Å². The topological polar surface area (TPSA) is 29.5 Å². The quantitative estimate of drug-likeness (QED) is 0.797. The zero-order valence-electron chi connectivity index (χ0n) is 10.8. The summed E-state index contributed by atoms with van der Waals surface area (Å²) in [5.41, 5.74) is 1.06. The van der Waals surface area contributed by atoms with Crippen LogP contribution in [0.5, 0.6) is 0 Å². The molecule has 102 valence electrons. The maximum absolute atomic E-state index is 11.6. The lowest BCUT2D eigenvalue weighted by Crippen LogP contribution is -2.28. The van der Waals surface area contributed by atoms with Gasteiger partial charge >= 0.3 is 5.97 Å². The van der Waals surface area contributed by atoms with Gasteiger partial charge in [0.2, 0.25) is 0 Å². The molecule has 1 aromatic carbocycles. The highest BCUT2D eigenvalue weighted by molar-refractivity contribution is 6.30. The number of hydrogen-bond donors (Lipinski definition) is 0. The molecule has 0 aromatic heterocycles. The van der Waals surface area contributed by atoms with Crippen LogP contribution >= 0.6 is 11.6 Å². The Hall–Kier alpha value is -1.06. The maximum atomic E-state index is 11.6. The Morgan fingerprint density at radius 2 is 1.89 bits per heavy atom. The SMILES string of the molecule is O=C1CC(CN2CCCC2)C(c2ccc(Cl)cc2)O1. The van der Waals surface area contributed by atoms with Gasteiger partial charge in [-0.25, -0.2) is 0 Å². The molecule has 3 nitrogen and oxygen atoms in total. The standard InChI is InChI=1S/C15H18ClNO2/c16-13-5-3-11(4-6-13)15-12(9-14(18)19-15)10-17-7-1-2-8-17/h3-6,12,15H,1-2,7-10H2. The van der Waals surface area contributed by atoms with E-state index in [0.717, 1.165) is 25.2 Å². The largest absolute Gasteiger partial charge is 0.457 e. The molecule has 0 amide bonds. The van der Waals surface area contributed by atoms with Gasteiger partial charge in [-0.1, -0.05) is 23.7 Å². The fraction of sp³-hybridized carbons (Fsp3) is 0.533. The van der Waals surface area contributed by atoms with E-state index in [1.165, 1.54) is 12.8 Å². The van der Waals surface area contributed by atoms with Gasteiger partial charge in [-0.15, -0.1) is 0 Å². The lowest BCUT2D eigenvalue weighted by Gasteiger charge is -2.23. The summed E-state index contributed by atoms with van der Waals surface area (Å²) in [4.78, 5) is 14.1. The predicted octanol–water partition coefficient (Wildman–Crippen LogP) is 3.04. The third-order valence-electron chi connectivity index (χ3n) is 4.01. The predicted molar refractivity (Wildman–Crippen MR) is 74.1 cm³/mol. The van der Waals surface area contributed by atoms with Crippen LogP contribution < -0.4 is 0 Å². The molecular formula is C15H18ClNO2. The number of benzene rings is 1. The summed E-state index contributed by atoms with van der Waals surface area (Å²) in [6.07, 6.45) is 2.97. The lowest BCUT2D eigenvalue weighted by molar-refractivity contribution is -0.141. The zero-order chi connectivity index (χ0) is 13.2. The third kappa shape index (κ3) is 2.93. The Labute approximate surface area is 118 Å². The average molecular weight is 280 g/mol. The van der Waals surface area contributed by atoms with Crippen LogP contribution in [-0.4, -0.2) is 30.5 Å². The highest BCUT2D eigenvalue weighted by atomic mass is 35.5. The molecule has 3 rings (SSSR count). The van der Waals surface area contributed by atoms with Gasteiger partial charge in [0.25, 0.3) is 0 Å². The van der Waals surface area contributed by atoms with Gasteiger partial charge in [-0.2, -0.15) is 0 Å². The molecule has 2 atom stereocenters. The van der Waals surface area contributed by atoms with Crippen molar-refractivity contribution in [3.63, 3.8) is 0 Å². The summed E-state index contributed by atoms with van der Waals surface area (Å²) in [5, 5.41) is 0.712. The molecule has 0 radical (unpaired) electrons. The summed E-state index contributed by atoms with van der Waals surface area (Å²) < 4.78 is 5.50. The molecule has 2 saturated heterocycles. The highest BCUT2D eigenvalue weighted by Gasteiger charge is 2.37. The Kier molecular flexibility index (Phi) is 3.76. The molecule has 2 fully saturated rings. The summed E-state index contributed by atoms with van der Waals surface area (Å²) in [6.45, 7) is 3.26. The van der Waals surface area contributed by atoms with Gasteiger partial charge in [-0.05, 0) is 43.6 Å². The fourth-order valence-corrected chi connectivity index (χ4v) is 3.18. The number of hydrogen-bond acceptors (Lipinski definition) is 3. The monoisotopic (exact) mass is 279 g/mol. The minimum absolute atomic E-state index is 0.0795. The first-order valence-electron chi connectivity index (χ1n) is 6.90. The van der Waals surface area contributed by atoms with Crippen molar-refractivity contribution >= 4 is 17.6 Å². The van der Waals surface area contributed by atoms with Crippen LogP contribution in [0.15, 0.2) is 24.3 Å². The minimum Gasteiger partial charge on any atom is -0.457 e. The number of rotatable bonds is 3. The van der Waals surface area contributed by atoms with Gasteiger partial charge < -0.3 is 9.64 Å². The fourth-order valence-electron chi connectivity index (χ4n) is 3.06. The van der Waals surface area contributed by atoms with Crippen molar-refractivity contribution in [1.29, 1.82) is 0 Å². The van der Waals surface area contributed by atoms with Crippen LogP contribution in [0.25, 0.3) is 0 Å². The second-order valence-electron chi connectivity index (χ2n) is 5.43. The third-order valence-corrected chi connectivity index (χ3v) is 4.26. The van der Waals surface area contributed by atoms with Crippen molar-refractivity contribution in [2.24, 2.45) is 5.92 Å². The highest BCUT2D eigenvalue weighted by Crippen LogP contribution is 2.36. The van der Waals surface area contributed by atoms with E-state index in [2.05, 4.69) is 4.90 Å². The van der Waals surface area contributed by atoms with Crippen LogP contribution in [0.2, 0.25) is 5.02 Å². The smallest absolute Gasteiger partial charge is 0.306 e. The summed E-state index contributed by atoms with van der Waals surface area (Å²) in [7, 11) is 0. The van der Waals surface area contributed by atoms with Gasteiger partial charge in [-0.3, -0.25) is 4.79 Å². The van der Waals surface area contributed by atoms with Crippen molar-refractivity contribution in [2.75, 3.05) is 19.6 Å². The molecule has 4 heteroatoms. The van der Waals surface area contributed by atoms with E-state index in [0.29, 0.717) is 11.4 Å². The Balaban J connectivity index is 1.73. The van der Waals surface area contributed by atoms with E-state index in [1.54, 1.807) is 0 Å². The summed E-state index contributed by atoms with van der Waals surface area (Å²) in [5.74, 6) is 0.191. The normalized spacial score (nSPS) is 27.7. The minimum atomic E-state index is -0.106. The van der Waals surface area contributed by atoms with E-state index in [1.807, 2.05) is 24.3 Å². The Morgan fingerprint density at radius 1 is 1.21 bits per heavy atom. The van der Waals surface area contributed by atoms with Gasteiger partial charge in [0.05, 0.1) is 6.42 Å². The molecule has 1 aromatic rings. The molecule has 0 spiro atoms. The van der Waals surface area contributed by atoms with E-state index >= 15 is 0 Å². The first-order chi connectivity index (χ1) is 9.22. The zero-order valence-corrected chi connectivity index (χ0v) is 11.6. The molecule has 2 aliphatic heterocycles. The van der Waals surface area contributed by atoms with E-state index in [4.69, 9.17) is 16.3 Å². The molecule has 0 saturated carbocycles. The van der Waals surface area contributed by atoms with E-state index in [-0.39, 0.29) is 18.0 Å². The van der Waals surface area contributed by atoms with Crippen molar-refractivity contribution < 1.29 is 9.53 Å².